The summed E-state index contributed by atoms with van der Waals surface area (Å²) in [5.41, 5.74) is 1.78. The molecule has 3 aromatic rings. The number of halogens is 1. The lowest BCUT2D eigenvalue weighted by Crippen LogP contribution is -2.47. The summed E-state index contributed by atoms with van der Waals surface area (Å²) in [6.07, 6.45) is 3.78. The molecule has 0 saturated carbocycles. The van der Waals surface area contributed by atoms with Crippen LogP contribution in [0.15, 0.2) is 42.7 Å². The van der Waals surface area contributed by atoms with Crippen molar-refractivity contribution >= 4 is 34.3 Å². The first-order valence-corrected chi connectivity index (χ1v) is 9.05. The molecule has 1 aromatic carbocycles. The van der Waals surface area contributed by atoms with Crippen LogP contribution in [0.25, 0.3) is 16.6 Å². The maximum Gasteiger partial charge on any atom is 0.307 e. The lowest BCUT2D eigenvalue weighted by Gasteiger charge is -2.35. The molecule has 0 amide bonds. The van der Waals surface area contributed by atoms with Crippen LogP contribution in [0, 0.1) is 0 Å². The van der Waals surface area contributed by atoms with E-state index in [0.717, 1.165) is 22.4 Å². The van der Waals surface area contributed by atoms with Gasteiger partial charge in [-0.05, 0) is 30.3 Å². The third-order valence-corrected chi connectivity index (χ3v) is 4.92. The molecule has 0 aliphatic carbocycles. The zero-order chi connectivity index (χ0) is 18.8. The summed E-state index contributed by atoms with van der Waals surface area (Å²) in [4.78, 5) is 18.2. The minimum atomic E-state index is -0.265. The second kappa shape index (κ2) is 7.54. The third kappa shape index (κ3) is 3.48. The smallest absolute Gasteiger partial charge is 0.307 e. The fourth-order valence-electron chi connectivity index (χ4n) is 3.32. The fraction of sp³-hybridized carbons (Fsp3) is 0.316. The highest BCUT2D eigenvalue weighted by atomic mass is 35.5. The van der Waals surface area contributed by atoms with E-state index in [-0.39, 0.29) is 18.4 Å². The molecule has 27 heavy (non-hydrogen) atoms. The zero-order valence-corrected chi connectivity index (χ0v) is 15.6. The van der Waals surface area contributed by atoms with E-state index in [9.17, 15) is 4.79 Å². The number of anilines is 1. The number of hydrogen-bond acceptors (Lipinski definition) is 6. The molecule has 1 atom stereocenters. The zero-order valence-electron chi connectivity index (χ0n) is 14.8. The number of benzene rings is 1. The second-order valence-electron chi connectivity index (χ2n) is 6.31. The molecule has 0 radical (unpaired) electrons. The maximum atomic E-state index is 11.8. The van der Waals surface area contributed by atoms with Crippen molar-refractivity contribution in [3.8, 4) is 5.69 Å². The van der Waals surface area contributed by atoms with Crippen molar-refractivity contribution in [1.29, 1.82) is 0 Å². The lowest BCUT2D eigenvalue weighted by molar-refractivity contribution is -0.141. The van der Waals surface area contributed by atoms with Gasteiger partial charge in [-0.25, -0.2) is 4.68 Å². The molecule has 0 bridgehead atoms. The molecule has 0 N–H and O–H groups in total. The number of ether oxygens (including phenoxy) is 2. The summed E-state index contributed by atoms with van der Waals surface area (Å²) in [5, 5.41) is 6.48. The highest BCUT2D eigenvalue weighted by molar-refractivity contribution is 6.30. The Morgan fingerprint density at radius 3 is 2.93 bits per heavy atom. The van der Waals surface area contributed by atoms with Gasteiger partial charge < -0.3 is 14.4 Å². The quantitative estimate of drug-likeness (QED) is 0.642. The molecule has 8 heteroatoms. The first kappa shape index (κ1) is 17.8. The summed E-state index contributed by atoms with van der Waals surface area (Å²) in [6, 6.07) is 9.29. The first-order valence-electron chi connectivity index (χ1n) is 8.67. The number of carbonyl (C=O) groups excluding carboxylic acids is 1. The monoisotopic (exact) mass is 386 g/mol. The van der Waals surface area contributed by atoms with Gasteiger partial charge in [0.25, 0.3) is 0 Å². The summed E-state index contributed by atoms with van der Waals surface area (Å²) >= 11 is 6.02. The molecule has 1 fully saturated rings. The predicted octanol–water partition coefficient (Wildman–Crippen LogP) is 2.84. The van der Waals surface area contributed by atoms with E-state index in [1.807, 2.05) is 35.0 Å². The molecule has 1 aliphatic rings. The summed E-state index contributed by atoms with van der Waals surface area (Å²) in [5.74, 6) is 0.540. The summed E-state index contributed by atoms with van der Waals surface area (Å²) in [7, 11) is 1.40. The number of nitrogens with zero attached hydrogens (tertiary/aromatic N) is 4. The Morgan fingerprint density at radius 2 is 2.15 bits per heavy atom. The highest BCUT2D eigenvalue weighted by Gasteiger charge is 2.29. The number of morpholine rings is 1. The van der Waals surface area contributed by atoms with E-state index in [0.29, 0.717) is 24.8 Å². The van der Waals surface area contributed by atoms with Crippen LogP contribution in [-0.2, 0) is 14.3 Å². The van der Waals surface area contributed by atoms with E-state index in [4.69, 9.17) is 26.2 Å². The average molecular weight is 387 g/mol. The highest BCUT2D eigenvalue weighted by Crippen LogP contribution is 2.31. The Morgan fingerprint density at radius 1 is 1.33 bits per heavy atom. The fourth-order valence-corrected chi connectivity index (χ4v) is 3.44. The van der Waals surface area contributed by atoms with E-state index in [1.165, 1.54) is 7.11 Å². The van der Waals surface area contributed by atoms with Crippen LogP contribution < -0.4 is 4.90 Å². The largest absolute Gasteiger partial charge is 0.469 e. The van der Waals surface area contributed by atoms with Crippen molar-refractivity contribution in [3.05, 3.63) is 47.7 Å². The van der Waals surface area contributed by atoms with Crippen LogP contribution in [0.5, 0.6) is 0 Å². The SMILES string of the molecule is COC(=O)CC1COCCN1c1nn(-c2ccc(Cl)cc2)c2cnccc12. The molecule has 7 nitrogen and oxygen atoms in total. The lowest BCUT2D eigenvalue weighted by atomic mass is 10.1. The molecular weight excluding hydrogens is 368 g/mol. The van der Waals surface area contributed by atoms with Crippen molar-refractivity contribution in [2.75, 3.05) is 31.8 Å². The van der Waals surface area contributed by atoms with Crippen molar-refractivity contribution in [2.45, 2.75) is 12.5 Å². The van der Waals surface area contributed by atoms with Gasteiger partial charge in [0.05, 0.1) is 50.2 Å². The van der Waals surface area contributed by atoms with Gasteiger partial charge in [0.1, 0.15) is 0 Å². The number of aromatic nitrogens is 3. The Labute approximate surface area is 161 Å². The first-order chi connectivity index (χ1) is 13.2. The second-order valence-corrected chi connectivity index (χ2v) is 6.74. The number of fused-ring (bicyclic) bond motifs is 1. The number of rotatable bonds is 4. The van der Waals surface area contributed by atoms with Gasteiger partial charge in [-0.15, -0.1) is 5.10 Å². The van der Waals surface area contributed by atoms with Gasteiger partial charge in [-0.2, -0.15) is 0 Å². The number of hydrogen-bond donors (Lipinski definition) is 0. The maximum absolute atomic E-state index is 11.8. The minimum Gasteiger partial charge on any atom is -0.469 e. The van der Waals surface area contributed by atoms with Gasteiger partial charge in [0.15, 0.2) is 5.82 Å². The number of pyridine rings is 1. The van der Waals surface area contributed by atoms with Crippen molar-refractivity contribution in [3.63, 3.8) is 0 Å². The third-order valence-electron chi connectivity index (χ3n) is 4.66. The van der Waals surface area contributed by atoms with Gasteiger partial charge in [-0.1, -0.05) is 11.6 Å². The number of methoxy groups -OCH3 is 1. The van der Waals surface area contributed by atoms with Crippen molar-refractivity contribution < 1.29 is 14.3 Å². The topological polar surface area (TPSA) is 69.5 Å². The average Bonchev–Trinajstić information content (AvgIpc) is 3.08. The Kier molecular flexibility index (Phi) is 4.96. The Hall–Kier alpha value is -2.64. The van der Waals surface area contributed by atoms with Crippen LogP contribution in [0.4, 0.5) is 5.82 Å². The summed E-state index contributed by atoms with van der Waals surface area (Å²) in [6.45, 7) is 1.68. The Bertz CT molecular complexity index is 957. The van der Waals surface area contributed by atoms with Crippen LogP contribution in [0.3, 0.4) is 0 Å². The van der Waals surface area contributed by atoms with E-state index >= 15 is 0 Å². The number of esters is 1. The van der Waals surface area contributed by atoms with Gasteiger partial charge >= 0.3 is 5.97 Å². The molecule has 4 rings (SSSR count). The van der Waals surface area contributed by atoms with Crippen LogP contribution in [-0.4, -0.2) is 53.6 Å². The normalized spacial score (nSPS) is 17.3. The minimum absolute atomic E-state index is 0.129. The molecule has 0 spiro atoms. The van der Waals surface area contributed by atoms with Gasteiger partial charge in [0.2, 0.25) is 0 Å². The van der Waals surface area contributed by atoms with E-state index in [1.54, 1.807) is 12.4 Å². The predicted molar refractivity (Wildman–Crippen MR) is 102 cm³/mol. The van der Waals surface area contributed by atoms with E-state index < -0.39 is 0 Å². The summed E-state index contributed by atoms with van der Waals surface area (Å²) < 4.78 is 12.3. The molecular formula is C19H19ClN4O3. The van der Waals surface area contributed by atoms with Crippen molar-refractivity contribution in [2.24, 2.45) is 0 Å². The standard InChI is InChI=1S/C19H19ClN4O3/c1-26-18(25)10-15-12-27-9-8-23(15)19-16-6-7-21-11-17(16)24(22-19)14-4-2-13(20)3-5-14/h2-7,11,15H,8-10,12H2,1H3. The van der Waals surface area contributed by atoms with Crippen LogP contribution in [0.1, 0.15) is 6.42 Å². The van der Waals surface area contributed by atoms with Gasteiger partial charge in [-0.3, -0.25) is 9.78 Å². The molecule has 3 heterocycles. The molecule has 1 unspecified atom stereocenters. The molecule has 140 valence electrons. The van der Waals surface area contributed by atoms with Crippen LogP contribution >= 0.6 is 11.6 Å². The molecule has 1 aliphatic heterocycles. The molecule has 2 aromatic heterocycles. The van der Waals surface area contributed by atoms with E-state index in [2.05, 4.69) is 9.88 Å². The molecule has 1 saturated heterocycles. The van der Waals surface area contributed by atoms with Gasteiger partial charge in [0, 0.05) is 23.2 Å². The van der Waals surface area contributed by atoms with Crippen LogP contribution in [0.2, 0.25) is 5.02 Å². The van der Waals surface area contributed by atoms with Crippen molar-refractivity contribution in [1.82, 2.24) is 14.8 Å². The Balaban J connectivity index is 1.79. The number of carbonyl (C=O) groups is 1.